The third-order valence-electron chi connectivity index (χ3n) is 14.5. The van der Waals surface area contributed by atoms with E-state index in [0.717, 1.165) is 5.69 Å². The summed E-state index contributed by atoms with van der Waals surface area (Å²) in [5.74, 6) is 0. The smallest absolute Gasteiger partial charge is 0.333 e. The van der Waals surface area contributed by atoms with Gasteiger partial charge in [0.25, 0.3) is 0 Å². The first kappa shape index (κ1) is 40.5. The molecule has 0 unspecified atom stereocenters. The lowest BCUT2D eigenvalue weighted by Gasteiger charge is -2.42. The van der Waals surface area contributed by atoms with Crippen LogP contribution in [0.1, 0.15) is 79.0 Å². The highest BCUT2D eigenvalue weighted by atomic mass is 15.2. The molecule has 0 spiro atoms. The standard InChI is InChI=1S/C62H56BN3/c1-60(2,3)41-29-32-45(33-30-41)64-52-34-31-42(61(4,5)6)36-50(52)63-56-47(35-43(37-53(56)64)62(7,8)9)49-38-48-46-27-19-20-28-51(46)65(44-25-17-12-18-26-44)58(48)55-54(39-21-13-10-14-22-39)57(66(63)59(49)55)40-23-15-11-16-24-40/h10-38H,1-9H3. The fourth-order valence-corrected chi connectivity index (χ4v) is 11.2. The fraction of sp³-hybridized carbons (Fsp3) is 0.194. The molecule has 4 heterocycles. The minimum atomic E-state index is -0.124. The second-order valence-electron chi connectivity index (χ2n) is 21.8. The van der Waals surface area contributed by atoms with Crippen molar-refractivity contribution in [3.63, 3.8) is 0 Å². The predicted octanol–water partition coefficient (Wildman–Crippen LogP) is 15.4. The average Bonchev–Trinajstić information content (AvgIpc) is 3.84. The zero-order valence-electron chi connectivity index (χ0n) is 39.7. The Bertz CT molecular complexity index is 3560. The van der Waals surface area contributed by atoms with Gasteiger partial charge in [0.15, 0.2) is 0 Å². The molecule has 10 aromatic rings. The monoisotopic (exact) mass is 853 g/mol. The number of benzene rings is 8. The van der Waals surface area contributed by atoms with Crippen molar-refractivity contribution in [2.75, 3.05) is 4.90 Å². The van der Waals surface area contributed by atoms with Crippen LogP contribution in [0.25, 0.3) is 71.9 Å². The van der Waals surface area contributed by atoms with E-state index in [1.807, 2.05) is 0 Å². The lowest BCUT2D eigenvalue weighted by Crippen LogP contribution is -2.57. The lowest BCUT2D eigenvalue weighted by molar-refractivity contribution is 0.590. The highest BCUT2D eigenvalue weighted by molar-refractivity contribution is 6.90. The second kappa shape index (κ2) is 14.2. The summed E-state index contributed by atoms with van der Waals surface area (Å²) >= 11 is 0. The van der Waals surface area contributed by atoms with Crippen LogP contribution >= 0.6 is 0 Å². The van der Waals surface area contributed by atoms with Crippen LogP contribution in [-0.4, -0.2) is 15.9 Å². The van der Waals surface area contributed by atoms with Crippen LogP contribution in [0, 0.1) is 0 Å². The maximum Gasteiger partial charge on any atom is 0.333 e. The minimum Gasteiger partial charge on any atom is -0.375 e. The van der Waals surface area contributed by atoms with E-state index in [9.17, 15) is 0 Å². The molecule has 3 nitrogen and oxygen atoms in total. The van der Waals surface area contributed by atoms with Gasteiger partial charge in [0, 0.05) is 61.2 Å². The van der Waals surface area contributed by atoms with Gasteiger partial charge in [-0.05, 0) is 109 Å². The fourth-order valence-electron chi connectivity index (χ4n) is 11.2. The normalized spacial score (nSPS) is 13.5. The molecule has 0 saturated carbocycles. The molecular weight excluding hydrogens is 798 g/mol. The van der Waals surface area contributed by atoms with Crippen molar-refractivity contribution < 1.29 is 0 Å². The van der Waals surface area contributed by atoms with Crippen molar-refractivity contribution >= 4 is 67.5 Å². The molecule has 2 aliphatic heterocycles. The first-order chi connectivity index (χ1) is 31.7. The van der Waals surface area contributed by atoms with Crippen LogP contribution in [0.3, 0.4) is 0 Å². The molecule has 8 aromatic carbocycles. The van der Waals surface area contributed by atoms with Gasteiger partial charge >= 0.3 is 6.85 Å². The summed E-state index contributed by atoms with van der Waals surface area (Å²) < 4.78 is 5.32. The summed E-state index contributed by atoms with van der Waals surface area (Å²) in [5, 5.41) is 3.81. The number of anilines is 3. The van der Waals surface area contributed by atoms with E-state index >= 15 is 0 Å². The zero-order valence-corrected chi connectivity index (χ0v) is 39.7. The number of hydrogen-bond donors (Lipinski definition) is 0. The van der Waals surface area contributed by atoms with Crippen molar-refractivity contribution in [3.8, 4) is 39.2 Å². The number of fused-ring (bicyclic) bond motifs is 8. The van der Waals surface area contributed by atoms with E-state index in [4.69, 9.17) is 0 Å². The van der Waals surface area contributed by atoms with Crippen LogP contribution < -0.4 is 15.8 Å². The Kier molecular flexibility index (Phi) is 8.73. The van der Waals surface area contributed by atoms with Gasteiger partial charge < -0.3 is 13.9 Å². The average molecular weight is 854 g/mol. The molecule has 322 valence electrons. The van der Waals surface area contributed by atoms with Crippen LogP contribution in [0.2, 0.25) is 0 Å². The van der Waals surface area contributed by atoms with Gasteiger partial charge in [-0.3, -0.25) is 0 Å². The van der Waals surface area contributed by atoms with E-state index in [1.165, 1.54) is 111 Å². The highest BCUT2D eigenvalue weighted by Crippen LogP contribution is 2.54. The molecule has 0 aliphatic carbocycles. The van der Waals surface area contributed by atoms with Gasteiger partial charge in [-0.1, -0.05) is 190 Å². The number of aromatic nitrogens is 2. The van der Waals surface area contributed by atoms with E-state index in [1.54, 1.807) is 0 Å². The summed E-state index contributed by atoms with van der Waals surface area (Å²) in [5.41, 5.74) is 22.6. The van der Waals surface area contributed by atoms with Crippen molar-refractivity contribution in [3.05, 3.63) is 193 Å². The Hall–Kier alpha value is -7.04. The molecule has 0 amide bonds. The quantitative estimate of drug-likeness (QED) is 0.161. The molecule has 0 fully saturated rings. The van der Waals surface area contributed by atoms with E-state index in [2.05, 4.69) is 252 Å². The zero-order chi connectivity index (χ0) is 45.4. The molecule has 0 N–H and O–H groups in total. The Balaban J connectivity index is 1.34. The molecular formula is C62H56BN3. The van der Waals surface area contributed by atoms with E-state index in [0.29, 0.717) is 0 Å². The largest absolute Gasteiger partial charge is 0.375 e. The first-order valence-electron chi connectivity index (χ1n) is 23.7. The van der Waals surface area contributed by atoms with Crippen molar-refractivity contribution in [1.29, 1.82) is 0 Å². The molecule has 0 atom stereocenters. The minimum absolute atomic E-state index is 0.0408. The molecule has 0 saturated heterocycles. The van der Waals surface area contributed by atoms with Crippen LogP contribution in [-0.2, 0) is 16.2 Å². The SMILES string of the molecule is CC(C)(C)c1ccc(N2c3ccc(C(C)(C)C)cc3B3c4c(cc(C(C)(C)C)cc42)-c2cc4c5ccccc5n(-c5ccccc5)c4c4c(-c5ccccc5)c(-c5ccccc5)n3c24)cc1. The molecule has 0 radical (unpaired) electrons. The van der Waals surface area contributed by atoms with Gasteiger partial charge in [-0.2, -0.15) is 0 Å². The van der Waals surface area contributed by atoms with E-state index in [-0.39, 0.29) is 23.1 Å². The van der Waals surface area contributed by atoms with E-state index < -0.39 is 0 Å². The molecule has 12 rings (SSSR count). The molecule has 66 heavy (non-hydrogen) atoms. The van der Waals surface area contributed by atoms with Gasteiger partial charge in [0.05, 0.1) is 11.0 Å². The molecule has 4 heteroatoms. The Morgan fingerprint density at radius 2 is 1.02 bits per heavy atom. The highest BCUT2D eigenvalue weighted by Gasteiger charge is 2.46. The lowest BCUT2D eigenvalue weighted by atomic mass is 9.44. The second-order valence-corrected chi connectivity index (χ2v) is 21.8. The summed E-state index contributed by atoms with van der Waals surface area (Å²) in [7, 11) is 0. The van der Waals surface area contributed by atoms with Crippen LogP contribution in [0.5, 0.6) is 0 Å². The third kappa shape index (κ3) is 5.96. The van der Waals surface area contributed by atoms with Gasteiger partial charge in [0.2, 0.25) is 0 Å². The maximum absolute atomic E-state index is 2.78. The Morgan fingerprint density at radius 3 is 1.67 bits per heavy atom. The maximum atomic E-state index is 2.78. The van der Waals surface area contributed by atoms with Crippen molar-refractivity contribution in [2.24, 2.45) is 0 Å². The molecule has 2 aliphatic rings. The van der Waals surface area contributed by atoms with Gasteiger partial charge in [-0.25, -0.2) is 0 Å². The number of rotatable bonds is 4. The first-order valence-corrected chi connectivity index (χ1v) is 23.7. The molecule has 2 aromatic heterocycles. The number of nitrogens with zero attached hydrogens (tertiary/aromatic N) is 3. The van der Waals surface area contributed by atoms with Crippen LogP contribution in [0.15, 0.2) is 176 Å². The van der Waals surface area contributed by atoms with Crippen molar-refractivity contribution in [2.45, 2.75) is 78.6 Å². The van der Waals surface area contributed by atoms with Gasteiger partial charge in [-0.15, -0.1) is 0 Å². The summed E-state index contributed by atoms with van der Waals surface area (Å²) in [6.45, 7) is 20.9. The topological polar surface area (TPSA) is 13.1 Å². The van der Waals surface area contributed by atoms with Gasteiger partial charge in [0.1, 0.15) is 0 Å². The Morgan fingerprint density at radius 1 is 0.424 bits per heavy atom. The number of para-hydroxylation sites is 2. The predicted molar refractivity (Wildman–Crippen MR) is 284 cm³/mol. The van der Waals surface area contributed by atoms with Crippen molar-refractivity contribution in [1.82, 2.24) is 9.05 Å². The summed E-state index contributed by atoms with van der Waals surface area (Å²) in [4.78, 5) is 2.59. The van der Waals surface area contributed by atoms with Crippen LogP contribution in [0.4, 0.5) is 17.1 Å². The third-order valence-corrected chi connectivity index (χ3v) is 14.5. The molecule has 0 bridgehead atoms. The number of hydrogen-bond acceptors (Lipinski definition) is 1. The summed E-state index contributed by atoms with van der Waals surface area (Å²) in [6.07, 6.45) is 0. The summed E-state index contributed by atoms with van der Waals surface area (Å²) in [6, 6.07) is 66.8. The Labute approximate surface area is 390 Å².